The lowest BCUT2D eigenvalue weighted by Gasteiger charge is -2.25. The number of hydrogen-bond acceptors (Lipinski definition) is 6. The highest BCUT2D eigenvalue weighted by Gasteiger charge is 2.28. The van der Waals surface area contributed by atoms with E-state index in [1.807, 2.05) is 0 Å². The van der Waals surface area contributed by atoms with Crippen LogP contribution in [0.3, 0.4) is 0 Å². The third kappa shape index (κ3) is 6.84. The molecule has 1 atom stereocenters. The Hall–Kier alpha value is 0.210. The third-order valence-electron chi connectivity index (χ3n) is 3.81. The van der Waals surface area contributed by atoms with Gasteiger partial charge in [-0.15, -0.1) is 24.0 Å². The van der Waals surface area contributed by atoms with Gasteiger partial charge in [-0.05, 0) is 6.42 Å². The smallest absolute Gasteiger partial charge is 0.215 e. The predicted octanol–water partition coefficient (Wildman–Crippen LogP) is -0.665. The Morgan fingerprint density at radius 3 is 2.54 bits per heavy atom. The second-order valence-corrected chi connectivity index (χ2v) is 11.1. The van der Waals surface area contributed by atoms with Crippen LogP contribution in [0, 0.1) is 0 Å². The largest absolute Gasteiger partial charge is 0.355 e. The van der Waals surface area contributed by atoms with Crippen LogP contribution >= 0.6 is 35.7 Å². The molecule has 0 aromatic heterocycles. The molecule has 24 heavy (non-hydrogen) atoms. The van der Waals surface area contributed by atoms with Gasteiger partial charge in [-0.3, -0.25) is 4.99 Å². The summed E-state index contributed by atoms with van der Waals surface area (Å²) in [6.07, 6.45) is 0.548. The summed E-state index contributed by atoms with van der Waals surface area (Å²) in [7, 11) is -4.63. The molecule has 2 N–H and O–H groups in total. The molecule has 2 aliphatic rings. The number of nitrogens with one attached hydrogen (secondary N) is 2. The van der Waals surface area contributed by atoms with Crippen molar-refractivity contribution in [3.8, 4) is 0 Å². The van der Waals surface area contributed by atoms with Crippen LogP contribution in [0.1, 0.15) is 6.42 Å². The number of halogens is 1. The molecule has 0 spiro atoms. The molecule has 0 aromatic carbocycles. The minimum Gasteiger partial charge on any atom is -0.355 e. The molecule has 2 fully saturated rings. The average Bonchev–Trinajstić information content (AvgIpc) is 2.86. The predicted molar refractivity (Wildman–Crippen MR) is 110 cm³/mol. The Morgan fingerprint density at radius 2 is 2.00 bits per heavy atom. The van der Waals surface area contributed by atoms with Crippen molar-refractivity contribution >= 4 is 61.6 Å². The molecule has 0 aliphatic carbocycles. The van der Waals surface area contributed by atoms with Crippen molar-refractivity contribution in [1.82, 2.24) is 14.9 Å². The van der Waals surface area contributed by atoms with Gasteiger partial charge in [-0.1, -0.05) is 0 Å². The first-order valence-corrected chi connectivity index (χ1v) is 12.1. The van der Waals surface area contributed by atoms with E-state index in [0.29, 0.717) is 25.5 Å². The minimum absolute atomic E-state index is 0. The number of thioether (sulfide) groups is 1. The van der Waals surface area contributed by atoms with Gasteiger partial charge in [0.2, 0.25) is 10.0 Å². The molecular formula is C12H25IN4O4S3. The third-order valence-corrected chi connectivity index (χ3v) is 8.40. The Bertz CT molecular complexity index is 633. The van der Waals surface area contributed by atoms with Gasteiger partial charge in [0.1, 0.15) is 0 Å². The fourth-order valence-corrected chi connectivity index (χ4v) is 6.71. The molecule has 0 amide bonds. The highest BCUT2D eigenvalue weighted by atomic mass is 127. The van der Waals surface area contributed by atoms with E-state index in [4.69, 9.17) is 0 Å². The quantitative estimate of drug-likeness (QED) is 0.286. The SMILES string of the molecule is CN=C(NCCS(=O)(=O)N1CCSCC1)NC1CCS(=O)(=O)C1.I. The first-order valence-electron chi connectivity index (χ1n) is 7.55. The Morgan fingerprint density at radius 1 is 1.33 bits per heavy atom. The van der Waals surface area contributed by atoms with E-state index in [-0.39, 0.29) is 53.8 Å². The lowest BCUT2D eigenvalue weighted by atomic mass is 10.3. The summed E-state index contributed by atoms with van der Waals surface area (Å²) in [6.45, 7) is 1.38. The van der Waals surface area contributed by atoms with Crippen molar-refractivity contribution < 1.29 is 16.8 Å². The van der Waals surface area contributed by atoms with Crippen LogP contribution in [0.25, 0.3) is 0 Å². The van der Waals surface area contributed by atoms with Crippen LogP contribution in [0.5, 0.6) is 0 Å². The zero-order valence-corrected chi connectivity index (χ0v) is 18.4. The monoisotopic (exact) mass is 512 g/mol. The first-order chi connectivity index (χ1) is 10.8. The zero-order chi connectivity index (χ0) is 16.9. The van der Waals surface area contributed by atoms with Crippen molar-refractivity contribution in [3.05, 3.63) is 0 Å². The molecule has 0 radical (unpaired) electrons. The molecule has 0 bridgehead atoms. The van der Waals surface area contributed by atoms with Gasteiger partial charge in [-0.25, -0.2) is 21.1 Å². The highest BCUT2D eigenvalue weighted by molar-refractivity contribution is 14.0. The summed E-state index contributed by atoms with van der Waals surface area (Å²) < 4.78 is 48.9. The maximum atomic E-state index is 12.2. The Labute approximate surface area is 165 Å². The maximum absolute atomic E-state index is 12.2. The summed E-state index contributed by atoms with van der Waals surface area (Å²) in [6, 6.07) is -0.165. The van der Waals surface area contributed by atoms with E-state index >= 15 is 0 Å². The van der Waals surface area contributed by atoms with E-state index in [9.17, 15) is 16.8 Å². The second-order valence-electron chi connectivity index (χ2n) is 5.57. The van der Waals surface area contributed by atoms with Gasteiger partial charge in [0.05, 0.1) is 17.3 Å². The van der Waals surface area contributed by atoms with Gasteiger partial charge >= 0.3 is 0 Å². The van der Waals surface area contributed by atoms with Gasteiger partial charge in [0, 0.05) is 44.2 Å². The highest BCUT2D eigenvalue weighted by Crippen LogP contribution is 2.13. The second kappa shape index (κ2) is 9.78. The summed E-state index contributed by atoms with van der Waals surface area (Å²) in [5, 5.41) is 5.99. The molecule has 8 nitrogen and oxygen atoms in total. The van der Waals surface area contributed by atoms with Crippen LogP contribution in [0.15, 0.2) is 4.99 Å². The van der Waals surface area contributed by atoms with E-state index in [0.717, 1.165) is 11.5 Å². The Kier molecular flexibility index (Phi) is 9.07. The lowest BCUT2D eigenvalue weighted by Crippen LogP contribution is -2.47. The molecule has 2 heterocycles. The summed E-state index contributed by atoms with van der Waals surface area (Å²) in [5.41, 5.74) is 0. The van der Waals surface area contributed by atoms with Crippen LogP contribution in [0.2, 0.25) is 0 Å². The lowest BCUT2D eigenvalue weighted by molar-refractivity contribution is 0.443. The van der Waals surface area contributed by atoms with E-state index in [2.05, 4.69) is 15.6 Å². The fourth-order valence-electron chi connectivity index (χ4n) is 2.55. The molecule has 12 heteroatoms. The van der Waals surface area contributed by atoms with Gasteiger partial charge < -0.3 is 10.6 Å². The fraction of sp³-hybridized carbons (Fsp3) is 0.917. The number of aliphatic imine (C=N–C) groups is 1. The number of sulfonamides is 1. The first kappa shape index (κ1) is 22.3. The summed E-state index contributed by atoms with van der Waals surface area (Å²) >= 11 is 1.76. The number of nitrogens with zero attached hydrogens (tertiary/aromatic N) is 2. The Balaban J connectivity index is 0.00000288. The number of hydrogen-bond donors (Lipinski definition) is 2. The van der Waals surface area contributed by atoms with Gasteiger partial charge in [0.15, 0.2) is 15.8 Å². The van der Waals surface area contributed by atoms with Gasteiger partial charge in [0.25, 0.3) is 0 Å². The zero-order valence-electron chi connectivity index (χ0n) is 13.6. The van der Waals surface area contributed by atoms with E-state index in [1.165, 1.54) is 4.31 Å². The van der Waals surface area contributed by atoms with Crippen LogP contribution < -0.4 is 10.6 Å². The van der Waals surface area contributed by atoms with E-state index in [1.54, 1.807) is 18.8 Å². The van der Waals surface area contributed by atoms with Gasteiger partial charge in [-0.2, -0.15) is 11.8 Å². The molecular weight excluding hydrogens is 487 g/mol. The molecule has 2 aliphatic heterocycles. The summed E-state index contributed by atoms with van der Waals surface area (Å²) in [4.78, 5) is 4.02. The van der Waals surface area contributed by atoms with Crippen molar-refractivity contribution in [2.45, 2.75) is 12.5 Å². The normalized spacial score (nSPS) is 25.0. The molecule has 2 rings (SSSR count). The standard InChI is InChI=1S/C12H24N4O4S3.HI/c1-13-12(15-11-2-8-22(17,18)10-11)14-3-9-23(19,20)16-4-6-21-7-5-16;/h11H,2-10H2,1H3,(H2,13,14,15);1H. The number of guanidine groups is 1. The van der Waals surface area contributed by atoms with Crippen molar-refractivity contribution in [2.75, 3.05) is 55.4 Å². The van der Waals surface area contributed by atoms with Crippen molar-refractivity contribution in [1.29, 1.82) is 0 Å². The molecule has 0 saturated carbocycles. The molecule has 142 valence electrons. The van der Waals surface area contributed by atoms with Crippen LogP contribution in [-0.2, 0) is 19.9 Å². The molecule has 1 unspecified atom stereocenters. The molecule has 2 saturated heterocycles. The van der Waals surface area contributed by atoms with Crippen LogP contribution in [0.4, 0.5) is 0 Å². The number of rotatable bonds is 5. The van der Waals surface area contributed by atoms with Crippen molar-refractivity contribution in [2.24, 2.45) is 4.99 Å². The van der Waals surface area contributed by atoms with Crippen molar-refractivity contribution in [3.63, 3.8) is 0 Å². The summed E-state index contributed by atoms with van der Waals surface area (Å²) in [5.74, 6) is 2.40. The van der Waals surface area contributed by atoms with E-state index < -0.39 is 19.9 Å². The minimum atomic E-state index is -3.25. The van der Waals surface area contributed by atoms with Crippen LogP contribution in [-0.4, -0.2) is 88.6 Å². The molecule has 0 aromatic rings. The average molecular weight is 512 g/mol. The maximum Gasteiger partial charge on any atom is 0.215 e. The number of sulfone groups is 1. The topological polar surface area (TPSA) is 108 Å².